The molecular weight excluding hydrogens is 366 g/mol. The zero-order valence-corrected chi connectivity index (χ0v) is 17.0. The highest BCUT2D eigenvalue weighted by Crippen LogP contribution is 2.46. The van der Waals surface area contributed by atoms with Gasteiger partial charge < -0.3 is 14.5 Å². The molecule has 0 radical (unpaired) electrons. The van der Waals surface area contributed by atoms with Crippen molar-refractivity contribution in [3.8, 4) is 0 Å². The van der Waals surface area contributed by atoms with Gasteiger partial charge in [0.15, 0.2) is 5.78 Å². The number of allylic oxidation sites excluding steroid dienone is 3. The average Bonchev–Trinajstić information content (AvgIpc) is 3.19. The van der Waals surface area contributed by atoms with Crippen molar-refractivity contribution in [3.05, 3.63) is 82.6 Å². The Bertz CT molecular complexity index is 997. The molecule has 4 rings (SSSR count). The molecule has 5 heteroatoms. The summed E-state index contributed by atoms with van der Waals surface area (Å²) in [5.41, 5.74) is 3.42. The Kier molecular flexibility index (Phi) is 4.91. The Balaban J connectivity index is 1.69. The second-order valence-corrected chi connectivity index (χ2v) is 8.51. The van der Waals surface area contributed by atoms with Crippen LogP contribution >= 0.6 is 0 Å². The van der Waals surface area contributed by atoms with Crippen LogP contribution in [0.15, 0.2) is 75.7 Å². The minimum atomic E-state index is -0.548. The molecule has 1 aliphatic heterocycles. The summed E-state index contributed by atoms with van der Waals surface area (Å²) in [6.07, 6.45) is 2.75. The molecule has 2 heterocycles. The van der Waals surface area contributed by atoms with Crippen molar-refractivity contribution in [2.24, 2.45) is 5.41 Å². The van der Waals surface area contributed by atoms with Crippen molar-refractivity contribution in [1.29, 1.82) is 0 Å². The van der Waals surface area contributed by atoms with Gasteiger partial charge in [-0.05, 0) is 36.5 Å². The molecule has 0 spiro atoms. The summed E-state index contributed by atoms with van der Waals surface area (Å²) in [7, 11) is 0. The van der Waals surface area contributed by atoms with E-state index in [1.54, 1.807) is 12.3 Å². The third-order valence-electron chi connectivity index (χ3n) is 5.50. The van der Waals surface area contributed by atoms with Crippen LogP contribution in [0.5, 0.6) is 0 Å². The first-order chi connectivity index (χ1) is 13.9. The van der Waals surface area contributed by atoms with E-state index in [-0.39, 0.29) is 17.8 Å². The third kappa shape index (κ3) is 3.77. The molecular formula is C24H25NO4. The average molecular weight is 391 g/mol. The van der Waals surface area contributed by atoms with E-state index in [9.17, 15) is 9.59 Å². The number of hydrogen-bond acceptors (Lipinski definition) is 5. The molecule has 0 saturated carbocycles. The minimum absolute atomic E-state index is 0.0472. The number of rotatable bonds is 4. The van der Waals surface area contributed by atoms with Crippen LogP contribution in [0.2, 0.25) is 0 Å². The van der Waals surface area contributed by atoms with Crippen molar-refractivity contribution < 1.29 is 18.7 Å². The summed E-state index contributed by atoms with van der Waals surface area (Å²) in [4.78, 5) is 26.2. The van der Waals surface area contributed by atoms with E-state index in [0.717, 1.165) is 17.7 Å². The van der Waals surface area contributed by atoms with Gasteiger partial charge in [-0.25, -0.2) is 4.79 Å². The van der Waals surface area contributed by atoms with Gasteiger partial charge in [0.05, 0.1) is 17.8 Å². The van der Waals surface area contributed by atoms with Crippen LogP contribution < -0.4 is 5.32 Å². The van der Waals surface area contributed by atoms with Gasteiger partial charge in [0, 0.05) is 23.4 Å². The van der Waals surface area contributed by atoms with Crippen LogP contribution in [-0.4, -0.2) is 11.8 Å². The molecule has 0 fully saturated rings. The molecule has 1 N–H and O–H groups in total. The van der Waals surface area contributed by atoms with E-state index in [4.69, 9.17) is 9.15 Å². The highest BCUT2D eigenvalue weighted by molar-refractivity contribution is 6.04. The monoisotopic (exact) mass is 391 g/mol. The van der Waals surface area contributed by atoms with Gasteiger partial charge in [0.1, 0.15) is 12.4 Å². The number of carbonyl (C=O) groups excluding carboxylic acids is 2. The maximum absolute atomic E-state index is 13.1. The maximum atomic E-state index is 13.1. The first-order valence-electron chi connectivity index (χ1n) is 9.84. The second-order valence-electron chi connectivity index (χ2n) is 8.51. The molecule has 0 amide bonds. The largest absolute Gasteiger partial charge is 0.468 e. The molecule has 0 saturated heterocycles. The number of ketones is 1. The Labute approximate surface area is 170 Å². The number of furan rings is 1. The van der Waals surface area contributed by atoms with Gasteiger partial charge in [-0.3, -0.25) is 4.79 Å². The van der Waals surface area contributed by atoms with E-state index in [0.29, 0.717) is 29.0 Å². The van der Waals surface area contributed by atoms with Gasteiger partial charge in [0.2, 0.25) is 0 Å². The number of esters is 1. The van der Waals surface area contributed by atoms with Crippen molar-refractivity contribution in [1.82, 2.24) is 5.32 Å². The quantitative estimate of drug-likeness (QED) is 0.770. The summed E-state index contributed by atoms with van der Waals surface area (Å²) in [6, 6.07) is 13.1. The number of nitrogens with one attached hydrogen (secondary N) is 1. The zero-order chi connectivity index (χ0) is 20.6. The molecule has 5 nitrogen and oxygen atoms in total. The Hall–Kier alpha value is -3.08. The molecule has 0 unspecified atom stereocenters. The number of hydrogen-bond donors (Lipinski definition) is 1. The van der Waals surface area contributed by atoms with Gasteiger partial charge in [-0.1, -0.05) is 44.2 Å². The van der Waals surface area contributed by atoms with E-state index in [2.05, 4.69) is 19.2 Å². The molecule has 0 bridgehead atoms. The lowest BCUT2D eigenvalue weighted by Crippen LogP contribution is -2.38. The third-order valence-corrected chi connectivity index (χ3v) is 5.50. The molecule has 2 aromatic rings. The summed E-state index contributed by atoms with van der Waals surface area (Å²) in [5.74, 6) is -0.360. The molecule has 1 aliphatic carbocycles. The smallest absolute Gasteiger partial charge is 0.337 e. The van der Waals surface area contributed by atoms with Crippen molar-refractivity contribution in [2.75, 3.05) is 0 Å². The summed E-state index contributed by atoms with van der Waals surface area (Å²) in [6.45, 7) is 6.20. The highest BCUT2D eigenvalue weighted by atomic mass is 16.5. The molecule has 1 aromatic carbocycles. The fourth-order valence-electron chi connectivity index (χ4n) is 4.25. The summed E-state index contributed by atoms with van der Waals surface area (Å²) in [5, 5.41) is 3.32. The number of Topliss-reactive ketones (excluding diaryl/α,β-unsaturated/α-hetero) is 1. The SMILES string of the molecule is CC1=C(C(=O)OCc2ccccc2)[C@H](c2ccco2)C2=C(CC(C)(C)CC2=O)N1. The van der Waals surface area contributed by atoms with Crippen molar-refractivity contribution in [3.63, 3.8) is 0 Å². The van der Waals surface area contributed by atoms with Crippen LogP contribution in [0.4, 0.5) is 0 Å². The number of benzene rings is 1. The predicted octanol–water partition coefficient (Wildman–Crippen LogP) is 4.63. The molecule has 1 atom stereocenters. The fourth-order valence-corrected chi connectivity index (χ4v) is 4.25. The van der Waals surface area contributed by atoms with Crippen LogP contribution in [0.1, 0.15) is 50.9 Å². The summed E-state index contributed by atoms with van der Waals surface area (Å²) >= 11 is 0. The molecule has 2 aliphatic rings. The van der Waals surface area contributed by atoms with E-state index in [1.165, 1.54) is 0 Å². The van der Waals surface area contributed by atoms with Gasteiger partial charge in [-0.2, -0.15) is 0 Å². The number of ether oxygens (including phenoxy) is 1. The second kappa shape index (κ2) is 7.39. The topological polar surface area (TPSA) is 68.5 Å². The van der Waals surface area contributed by atoms with E-state index >= 15 is 0 Å². The van der Waals surface area contributed by atoms with E-state index < -0.39 is 11.9 Å². The minimum Gasteiger partial charge on any atom is -0.468 e. The van der Waals surface area contributed by atoms with Crippen molar-refractivity contribution >= 4 is 11.8 Å². The van der Waals surface area contributed by atoms with E-state index in [1.807, 2.05) is 43.3 Å². The predicted molar refractivity (Wildman–Crippen MR) is 109 cm³/mol. The lowest BCUT2D eigenvalue weighted by atomic mass is 9.69. The summed E-state index contributed by atoms with van der Waals surface area (Å²) < 4.78 is 11.3. The Morgan fingerprint density at radius 2 is 1.93 bits per heavy atom. The lowest BCUT2D eigenvalue weighted by Gasteiger charge is -2.38. The lowest BCUT2D eigenvalue weighted by molar-refractivity contribution is -0.140. The standard InChI is InChI=1S/C24H25NO4/c1-15-20(23(27)29-14-16-8-5-4-6-9-16)22(19-10-7-11-28-19)21-17(25-15)12-24(2,3)13-18(21)26/h4-11,22,25H,12-14H2,1-3H3/t22-/m0/s1. The Morgan fingerprint density at radius 3 is 2.62 bits per heavy atom. The highest BCUT2D eigenvalue weighted by Gasteiger charge is 2.44. The van der Waals surface area contributed by atoms with Crippen molar-refractivity contribution in [2.45, 2.75) is 46.1 Å². The van der Waals surface area contributed by atoms with Gasteiger partial charge in [0.25, 0.3) is 0 Å². The first kappa shape index (κ1) is 19.2. The van der Waals surface area contributed by atoms with Crippen LogP contribution in [0.25, 0.3) is 0 Å². The fraction of sp³-hybridized carbons (Fsp3) is 0.333. The molecule has 29 heavy (non-hydrogen) atoms. The normalized spacial score (nSPS) is 20.9. The zero-order valence-electron chi connectivity index (χ0n) is 17.0. The first-order valence-corrected chi connectivity index (χ1v) is 9.84. The Morgan fingerprint density at radius 1 is 1.17 bits per heavy atom. The van der Waals surface area contributed by atoms with Gasteiger partial charge >= 0.3 is 5.97 Å². The molecule has 1 aromatic heterocycles. The van der Waals surface area contributed by atoms with Gasteiger partial charge in [-0.15, -0.1) is 0 Å². The number of carbonyl (C=O) groups is 2. The number of dihydropyridines is 1. The molecule has 150 valence electrons. The van der Waals surface area contributed by atoms with Crippen LogP contribution in [0, 0.1) is 5.41 Å². The maximum Gasteiger partial charge on any atom is 0.337 e. The van der Waals surface area contributed by atoms with Crippen LogP contribution in [-0.2, 0) is 20.9 Å². The van der Waals surface area contributed by atoms with Crippen LogP contribution in [0.3, 0.4) is 0 Å².